The summed E-state index contributed by atoms with van der Waals surface area (Å²) in [6.07, 6.45) is 2.19. The molecule has 4 nitrogen and oxygen atoms in total. The molecule has 1 fully saturated rings. The summed E-state index contributed by atoms with van der Waals surface area (Å²) in [5.74, 6) is -1.45. The second-order valence-corrected chi connectivity index (χ2v) is 7.26. The zero-order chi connectivity index (χ0) is 18.3. The first kappa shape index (κ1) is 16.8. The maximum absolute atomic E-state index is 13.9. The number of aromatic nitrogens is 1. The summed E-state index contributed by atoms with van der Waals surface area (Å²) in [4.78, 5) is 23.1. The van der Waals surface area contributed by atoms with Gasteiger partial charge in [-0.1, -0.05) is 30.0 Å². The number of hydrogen-bond acceptors (Lipinski definition) is 3. The van der Waals surface area contributed by atoms with Gasteiger partial charge in [0.05, 0.1) is 11.8 Å². The first-order chi connectivity index (χ1) is 12.5. The van der Waals surface area contributed by atoms with E-state index in [0.29, 0.717) is 6.42 Å². The highest BCUT2D eigenvalue weighted by atomic mass is 32.2. The van der Waals surface area contributed by atoms with Gasteiger partial charge in [-0.05, 0) is 36.2 Å². The Bertz CT molecular complexity index is 1010. The molecule has 0 radical (unpaired) electrons. The van der Waals surface area contributed by atoms with Crippen LogP contribution in [-0.4, -0.2) is 21.0 Å². The van der Waals surface area contributed by atoms with Crippen LogP contribution in [0.2, 0.25) is 0 Å². The highest BCUT2D eigenvalue weighted by molar-refractivity contribution is 8.15. The number of carbonyl (C=O) groups is 2. The zero-order valence-corrected chi connectivity index (χ0v) is 14.4. The number of fused-ring (bicyclic) bond motifs is 1. The summed E-state index contributed by atoms with van der Waals surface area (Å²) in [7, 11) is 0. The van der Waals surface area contributed by atoms with Crippen LogP contribution in [-0.2, 0) is 17.8 Å². The smallest absolute Gasteiger partial charge is 0.286 e. The van der Waals surface area contributed by atoms with Gasteiger partial charge in [-0.2, -0.15) is 0 Å². The molecule has 3 aromatic rings. The first-order valence-corrected chi connectivity index (χ1v) is 8.92. The van der Waals surface area contributed by atoms with E-state index in [4.69, 9.17) is 0 Å². The number of imide groups is 1. The summed E-state index contributed by atoms with van der Waals surface area (Å²) < 4.78 is 29.7. The van der Waals surface area contributed by atoms with Crippen molar-refractivity contribution < 1.29 is 18.4 Å². The monoisotopic (exact) mass is 372 g/mol. The van der Waals surface area contributed by atoms with Gasteiger partial charge in [0.15, 0.2) is 0 Å². The molecule has 1 atom stereocenters. The van der Waals surface area contributed by atoms with E-state index in [2.05, 4.69) is 5.32 Å². The molecule has 26 heavy (non-hydrogen) atoms. The lowest BCUT2D eigenvalue weighted by molar-refractivity contribution is -0.118. The second kappa shape index (κ2) is 6.57. The lowest BCUT2D eigenvalue weighted by Crippen LogP contribution is -2.25. The van der Waals surface area contributed by atoms with E-state index in [0.717, 1.165) is 28.2 Å². The molecule has 132 valence electrons. The van der Waals surface area contributed by atoms with Gasteiger partial charge in [-0.25, -0.2) is 8.78 Å². The molecule has 1 aromatic heterocycles. The van der Waals surface area contributed by atoms with Gasteiger partial charge in [0, 0.05) is 22.7 Å². The predicted molar refractivity (Wildman–Crippen MR) is 96.0 cm³/mol. The van der Waals surface area contributed by atoms with Gasteiger partial charge in [0.1, 0.15) is 11.6 Å². The van der Waals surface area contributed by atoms with Crippen LogP contribution in [0.5, 0.6) is 0 Å². The predicted octanol–water partition coefficient (Wildman–Crippen LogP) is 3.86. The molecule has 2 aromatic carbocycles. The zero-order valence-electron chi connectivity index (χ0n) is 13.5. The van der Waals surface area contributed by atoms with E-state index in [1.54, 1.807) is 10.8 Å². The Morgan fingerprint density at radius 1 is 1.04 bits per heavy atom. The maximum atomic E-state index is 13.9. The van der Waals surface area contributed by atoms with Gasteiger partial charge in [0.25, 0.3) is 5.24 Å². The van der Waals surface area contributed by atoms with Crippen molar-refractivity contribution in [3.05, 3.63) is 71.4 Å². The number of amides is 2. The van der Waals surface area contributed by atoms with Crippen molar-refractivity contribution in [2.75, 3.05) is 0 Å². The Morgan fingerprint density at radius 2 is 1.77 bits per heavy atom. The maximum Gasteiger partial charge on any atom is 0.286 e. The summed E-state index contributed by atoms with van der Waals surface area (Å²) in [6.45, 7) is 0.0720. The minimum absolute atomic E-state index is 0.00623. The molecule has 1 unspecified atom stereocenters. The van der Waals surface area contributed by atoms with E-state index in [9.17, 15) is 18.4 Å². The molecule has 4 rings (SSSR count). The Kier molecular flexibility index (Phi) is 4.24. The van der Waals surface area contributed by atoms with Crippen molar-refractivity contribution in [2.45, 2.75) is 18.2 Å². The third-order valence-electron chi connectivity index (χ3n) is 4.47. The molecule has 1 aliphatic heterocycles. The van der Waals surface area contributed by atoms with Crippen molar-refractivity contribution in [1.82, 2.24) is 9.88 Å². The molecule has 1 aliphatic rings. The minimum atomic E-state index is -0.583. The summed E-state index contributed by atoms with van der Waals surface area (Å²) in [5, 5.41) is 2.39. The fraction of sp³-hybridized carbons (Fsp3) is 0.158. The number of benzene rings is 2. The van der Waals surface area contributed by atoms with Crippen LogP contribution in [0.3, 0.4) is 0 Å². The molecule has 0 saturated carbocycles. The average Bonchev–Trinajstić information content (AvgIpc) is 3.15. The molecule has 2 heterocycles. The van der Waals surface area contributed by atoms with E-state index < -0.39 is 16.9 Å². The summed E-state index contributed by atoms with van der Waals surface area (Å²) in [6, 6.07) is 11.3. The largest absolute Gasteiger partial charge is 0.343 e. The Balaban J connectivity index is 1.67. The molecule has 1 N–H and O–H groups in total. The standard InChI is InChI=1S/C19H14F2N2O2S/c20-14-4-2-5-15(21)13(14)10-23-8-7-12-11(3-1-6-16(12)23)9-17-18(24)22-19(25)26-17/h1-8,17H,9-10H2,(H,22,24,25). The molecule has 7 heteroatoms. The number of halogens is 2. The highest BCUT2D eigenvalue weighted by Gasteiger charge is 2.31. The van der Waals surface area contributed by atoms with Crippen molar-refractivity contribution in [2.24, 2.45) is 0 Å². The Morgan fingerprint density at radius 3 is 2.46 bits per heavy atom. The fourth-order valence-corrected chi connectivity index (χ4v) is 4.03. The molecule has 1 saturated heterocycles. The van der Waals surface area contributed by atoms with Crippen LogP contribution in [0.25, 0.3) is 10.9 Å². The topological polar surface area (TPSA) is 51.1 Å². The first-order valence-electron chi connectivity index (χ1n) is 8.04. The summed E-state index contributed by atoms with van der Waals surface area (Å²) >= 11 is 0.985. The van der Waals surface area contributed by atoms with E-state index in [1.807, 2.05) is 24.3 Å². The van der Waals surface area contributed by atoms with Gasteiger partial charge >= 0.3 is 0 Å². The molecule has 0 spiro atoms. The molecular formula is C19H14F2N2O2S. The number of carbonyl (C=O) groups excluding carboxylic acids is 2. The van der Waals surface area contributed by atoms with Crippen LogP contribution in [0.4, 0.5) is 13.6 Å². The van der Waals surface area contributed by atoms with Gasteiger partial charge < -0.3 is 4.57 Å². The Hall–Kier alpha value is -2.67. The van der Waals surface area contributed by atoms with Crippen LogP contribution in [0.1, 0.15) is 11.1 Å². The third kappa shape index (κ3) is 2.99. The summed E-state index contributed by atoms with van der Waals surface area (Å²) in [5.41, 5.74) is 1.74. The van der Waals surface area contributed by atoms with E-state index in [1.165, 1.54) is 18.2 Å². The van der Waals surface area contributed by atoms with Gasteiger partial charge in [-0.3, -0.25) is 14.9 Å². The van der Waals surface area contributed by atoms with Crippen molar-refractivity contribution in [3.8, 4) is 0 Å². The molecule has 0 bridgehead atoms. The third-order valence-corrected chi connectivity index (χ3v) is 5.45. The van der Waals surface area contributed by atoms with Gasteiger partial charge in [-0.15, -0.1) is 0 Å². The van der Waals surface area contributed by atoms with Crippen LogP contribution in [0.15, 0.2) is 48.7 Å². The van der Waals surface area contributed by atoms with E-state index >= 15 is 0 Å². The second-order valence-electron chi connectivity index (χ2n) is 6.08. The Labute approximate surface area is 152 Å². The number of nitrogens with zero attached hydrogens (tertiary/aromatic N) is 1. The number of hydrogen-bond donors (Lipinski definition) is 1. The average molecular weight is 372 g/mol. The molecular weight excluding hydrogens is 358 g/mol. The van der Waals surface area contributed by atoms with Crippen LogP contribution >= 0.6 is 11.8 Å². The van der Waals surface area contributed by atoms with Crippen molar-refractivity contribution in [3.63, 3.8) is 0 Å². The fourth-order valence-electron chi connectivity index (χ4n) is 3.18. The lowest BCUT2D eigenvalue weighted by atomic mass is 10.0. The highest BCUT2D eigenvalue weighted by Crippen LogP contribution is 2.28. The molecule has 0 aliphatic carbocycles. The molecule has 2 amide bonds. The van der Waals surface area contributed by atoms with Gasteiger partial charge in [0.2, 0.25) is 5.91 Å². The lowest BCUT2D eigenvalue weighted by Gasteiger charge is -2.10. The quantitative estimate of drug-likeness (QED) is 0.757. The van der Waals surface area contributed by atoms with Crippen molar-refractivity contribution in [1.29, 1.82) is 0 Å². The number of nitrogens with one attached hydrogen (secondary N) is 1. The number of rotatable bonds is 4. The number of thioether (sulfide) groups is 1. The van der Waals surface area contributed by atoms with Crippen molar-refractivity contribution >= 4 is 33.8 Å². The van der Waals surface area contributed by atoms with E-state index in [-0.39, 0.29) is 23.3 Å². The normalized spacial score (nSPS) is 17.1. The SMILES string of the molecule is O=C1NC(=O)C(Cc2cccc3c2ccn3Cc2c(F)cccc2F)S1. The van der Waals surface area contributed by atoms with Crippen LogP contribution in [0, 0.1) is 11.6 Å². The van der Waals surface area contributed by atoms with Crippen LogP contribution < -0.4 is 5.32 Å². The minimum Gasteiger partial charge on any atom is -0.343 e.